The SMILES string of the molecule is Cn1c(=S)n(C)c(=O)n(-c2cc(C3=NOC(C)(C(=O)Cl)C3)c(Cl)cc2F)c1=O. The molecule has 1 atom stereocenters. The molecular formula is C16H13Cl2FN4O4S. The van der Waals surface area contributed by atoms with E-state index in [4.69, 9.17) is 40.3 Å². The molecule has 1 aromatic heterocycles. The molecule has 0 radical (unpaired) electrons. The Hall–Kier alpha value is -2.30. The van der Waals surface area contributed by atoms with Gasteiger partial charge in [-0.15, -0.1) is 0 Å². The lowest BCUT2D eigenvalue weighted by atomic mass is 9.96. The monoisotopic (exact) mass is 446 g/mol. The van der Waals surface area contributed by atoms with E-state index in [1.54, 1.807) is 0 Å². The third-order valence-electron chi connectivity index (χ3n) is 4.40. The van der Waals surface area contributed by atoms with Crippen molar-refractivity contribution in [3.8, 4) is 5.69 Å². The van der Waals surface area contributed by atoms with Gasteiger partial charge >= 0.3 is 11.4 Å². The Bertz CT molecular complexity index is 1190. The van der Waals surface area contributed by atoms with Gasteiger partial charge in [0.05, 0.1) is 16.4 Å². The third-order valence-corrected chi connectivity index (χ3v) is 5.66. The molecule has 0 aliphatic carbocycles. The van der Waals surface area contributed by atoms with Crippen molar-refractivity contribution in [2.24, 2.45) is 19.3 Å². The molecule has 0 saturated heterocycles. The molecule has 12 heteroatoms. The van der Waals surface area contributed by atoms with E-state index in [-0.39, 0.29) is 33.2 Å². The van der Waals surface area contributed by atoms with Crippen LogP contribution in [0.3, 0.4) is 0 Å². The van der Waals surface area contributed by atoms with Crippen molar-refractivity contribution < 1.29 is 14.0 Å². The minimum atomic E-state index is -1.39. The first-order valence-corrected chi connectivity index (χ1v) is 8.98. The highest BCUT2D eigenvalue weighted by Gasteiger charge is 2.41. The maximum atomic E-state index is 14.6. The van der Waals surface area contributed by atoms with Crippen LogP contribution in [0.1, 0.15) is 18.9 Å². The van der Waals surface area contributed by atoms with Crippen molar-refractivity contribution in [3.63, 3.8) is 0 Å². The second-order valence-electron chi connectivity index (χ2n) is 6.40. The maximum absolute atomic E-state index is 14.6. The number of hydrogen-bond donors (Lipinski definition) is 0. The molecule has 0 bridgehead atoms. The van der Waals surface area contributed by atoms with Crippen molar-refractivity contribution in [1.29, 1.82) is 0 Å². The normalized spacial score (nSPS) is 18.7. The molecule has 0 fully saturated rings. The summed E-state index contributed by atoms with van der Waals surface area (Å²) in [6.07, 6.45) is -0.0219. The predicted molar refractivity (Wildman–Crippen MR) is 104 cm³/mol. The van der Waals surface area contributed by atoms with Crippen LogP contribution in [0.2, 0.25) is 5.02 Å². The predicted octanol–water partition coefficient (Wildman–Crippen LogP) is 2.05. The van der Waals surface area contributed by atoms with Gasteiger partial charge in [-0.1, -0.05) is 16.8 Å². The van der Waals surface area contributed by atoms with Crippen LogP contribution in [0.25, 0.3) is 5.69 Å². The lowest BCUT2D eigenvalue weighted by molar-refractivity contribution is -0.130. The zero-order valence-corrected chi connectivity index (χ0v) is 17.2. The fourth-order valence-electron chi connectivity index (χ4n) is 2.70. The van der Waals surface area contributed by atoms with Crippen LogP contribution in [0, 0.1) is 10.6 Å². The van der Waals surface area contributed by atoms with Gasteiger partial charge in [-0.3, -0.25) is 13.9 Å². The molecule has 3 rings (SSSR count). The Balaban J connectivity index is 2.24. The maximum Gasteiger partial charge on any atom is 0.338 e. The highest BCUT2D eigenvalue weighted by Crippen LogP contribution is 2.32. The Morgan fingerprint density at radius 2 is 1.86 bits per heavy atom. The summed E-state index contributed by atoms with van der Waals surface area (Å²) in [6, 6.07) is 2.14. The average molecular weight is 447 g/mol. The third kappa shape index (κ3) is 3.11. The Morgan fingerprint density at radius 1 is 1.29 bits per heavy atom. The van der Waals surface area contributed by atoms with Gasteiger partial charge in [-0.05, 0) is 42.9 Å². The van der Waals surface area contributed by atoms with Crippen molar-refractivity contribution in [2.45, 2.75) is 18.9 Å². The Kier molecular flexibility index (Phi) is 5.07. The number of benzene rings is 1. The molecule has 28 heavy (non-hydrogen) atoms. The van der Waals surface area contributed by atoms with Gasteiger partial charge in [0.2, 0.25) is 5.60 Å². The molecular weight excluding hydrogens is 434 g/mol. The number of halogens is 3. The summed E-state index contributed by atoms with van der Waals surface area (Å²) in [5, 5.41) is 3.01. The van der Waals surface area contributed by atoms with Crippen LogP contribution in [0.5, 0.6) is 0 Å². The van der Waals surface area contributed by atoms with Gasteiger partial charge in [0.1, 0.15) is 5.82 Å². The minimum Gasteiger partial charge on any atom is -0.379 e. The lowest BCUT2D eigenvalue weighted by Gasteiger charge is -2.15. The molecule has 1 aliphatic heterocycles. The van der Waals surface area contributed by atoms with E-state index in [2.05, 4.69) is 5.16 Å². The average Bonchev–Trinajstić information content (AvgIpc) is 3.03. The quantitative estimate of drug-likeness (QED) is 0.531. The van der Waals surface area contributed by atoms with Gasteiger partial charge in [-0.2, -0.15) is 0 Å². The zero-order chi connectivity index (χ0) is 21.0. The molecule has 0 spiro atoms. The van der Waals surface area contributed by atoms with Crippen LogP contribution in [0.4, 0.5) is 4.39 Å². The molecule has 1 aliphatic rings. The van der Waals surface area contributed by atoms with E-state index in [9.17, 15) is 18.8 Å². The summed E-state index contributed by atoms with van der Waals surface area (Å²) in [6.45, 7) is 1.44. The standard InChI is InChI=1S/C16H13Cl2FN4O4S/c1-16(12(18)24)6-10(20-27-16)7-4-11(9(19)5-8(7)17)23-13(25)21(2)15(28)22(3)14(23)26/h4-5H,6H2,1-3H3. The lowest BCUT2D eigenvalue weighted by Crippen LogP contribution is -2.43. The number of rotatable bonds is 3. The van der Waals surface area contributed by atoms with Crippen LogP contribution >= 0.6 is 35.4 Å². The van der Waals surface area contributed by atoms with Crippen LogP contribution < -0.4 is 11.4 Å². The molecule has 2 heterocycles. The topological polar surface area (TPSA) is 87.6 Å². The van der Waals surface area contributed by atoms with Gasteiger partial charge in [0.25, 0.3) is 5.24 Å². The number of hydrogen-bond acceptors (Lipinski definition) is 6. The van der Waals surface area contributed by atoms with Crippen molar-refractivity contribution in [3.05, 3.63) is 54.3 Å². The fourth-order valence-corrected chi connectivity index (χ4v) is 3.21. The van der Waals surface area contributed by atoms with Crippen LogP contribution in [-0.4, -0.2) is 30.3 Å². The summed E-state index contributed by atoms with van der Waals surface area (Å²) in [5.74, 6) is -0.902. The van der Waals surface area contributed by atoms with E-state index in [0.717, 1.165) is 15.2 Å². The van der Waals surface area contributed by atoms with Crippen LogP contribution in [-0.2, 0) is 23.7 Å². The second-order valence-corrected chi connectivity index (χ2v) is 7.51. The highest BCUT2D eigenvalue weighted by molar-refractivity contribution is 7.71. The summed E-state index contributed by atoms with van der Waals surface area (Å²) in [4.78, 5) is 41.8. The summed E-state index contributed by atoms with van der Waals surface area (Å²) in [7, 11) is 2.73. The zero-order valence-electron chi connectivity index (χ0n) is 14.8. The van der Waals surface area contributed by atoms with E-state index in [0.29, 0.717) is 4.57 Å². The fraction of sp³-hybridized carbons (Fsp3) is 0.312. The highest BCUT2D eigenvalue weighted by atomic mass is 35.5. The molecule has 0 saturated carbocycles. The molecule has 148 valence electrons. The van der Waals surface area contributed by atoms with Crippen molar-refractivity contribution in [1.82, 2.24) is 13.7 Å². The van der Waals surface area contributed by atoms with Gasteiger partial charge in [-0.25, -0.2) is 18.5 Å². The van der Waals surface area contributed by atoms with E-state index in [1.807, 2.05) is 0 Å². The van der Waals surface area contributed by atoms with Crippen molar-refractivity contribution in [2.75, 3.05) is 0 Å². The Morgan fingerprint density at radius 3 is 2.36 bits per heavy atom. The first-order valence-electron chi connectivity index (χ1n) is 7.82. The minimum absolute atomic E-state index is 0.0219. The molecule has 0 amide bonds. The summed E-state index contributed by atoms with van der Waals surface area (Å²) >= 11 is 16.7. The smallest absolute Gasteiger partial charge is 0.338 e. The van der Waals surface area contributed by atoms with Gasteiger partial charge in [0, 0.05) is 26.1 Å². The molecule has 2 aromatic rings. The van der Waals surface area contributed by atoms with Crippen LogP contribution in [0.15, 0.2) is 26.9 Å². The van der Waals surface area contributed by atoms with Gasteiger partial charge < -0.3 is 4.84 Å². The summed E-state index contributed by atoms with van der Waals surface area (Å²) < 4.78 is 17.3. The first-order chi connectivity index (χ1) is 13.0. The Labute approximate surface area is 172 Å². The van der Waals surface area contributed by atoms with Gasteiger partial charge in [0.15, 0.2) is 4.77 Å². The largest absolute Gasteiger partial charge is 0.379 e. The summed E-state index contributed by atoms with van der Waals surface area (Å²) in [5.41, 5.74) is -2.98. The molecule has 1 aromatic carbocycles. The number of oxime groups is 1. The number of nitrogens with zero attached hydrogens (tertiary/aromatic N) is 4. The van der Waals surface area contributed by atoms with E-state index >= 15 is 0 Å². The van der Waals surface area contributed by atoms with E-state index < -0.39 is 28.0 Å². The number of carbonyl (C=O) groups is 1. The second kappa shape index (κ2) is 6.94. The van der Waals surface area contributed by atoms with Crippen molar-refractivity contribution >= 4 is 46.4 Å². The molecule has 0 N–H and O–H groups in total. The first kappa shape index (κ1) is 20.4. The molecule has 8 nitrogen and oxygen atoms in total. The number of aromatic nitrogens is 3. The number of carbonyl (C=O) groups excluding carboxylic acids is 1. The molecule has 1 unspecified atom stereocenters. The van der Waals surface area contributed by atoms with E-state index in [1.165, 1.54) is 27.1 Å².